The van der Waals surface area contributed by atoms with Crippen LogP contribution < -0.4 is 0 Å². The monoisotopic (exact) mass is 423 g/mol. The maximum atomic E-state index is 13.1. The summed E-state index contributed by atoms with van der Waals surface area (Å²) in [7, 11) is 2.09. The van der Waals surface area contributed by atoms with Gasteiger partial charge in [0.15, 0.2) is 0 Å². The van der Waals surface area contributed by atoms with Gasteiger partial charge in [-0.25, -0.2) is 0 Å². The highest BCUT2D eigenvalue weighted by molar-refractivity contribution is 5.76. The number of aryl methyl sites for hydroxylation is 1. The average molecular weight is 424 g/mol. The molecule has 4 heteroatoms. The number of fused-ring (bicyclic) bond motifs is 2. The van der Waals surface area contributed by atoms with Crippen molar-refractivity contribution in [2.45, 2.75) is 88.1 Å². The fourth-order valence-electron chi connectivity index (χ4n) is 7.15. The van der Waals surface area contributed by atoms with E-state index < -0.39 is 0 Å². The van der Waals surface area contributed by atoms with Crippen LogP contribution in [-0.4, -0.2) is 72.5 Å². The zero-order chi connectivity index (χ0) is 21.3. The molecule has 2 atom stereocenters. The van der Waals surface area contributed by atoms with Crippen LogP contribution in [0.2, 0.25) is 0 Å². The molecular formula is C27H41N3O. The third kappa shape index (κ3) is 4.30. The van der Waals surface area contributed by atoms with Crippen molar-refractivity contribution >= 4 is 5.91 Å². The molecule has 4 nitrogen and oxygen atoms in total. The summed E-state index contributed by atoms with van der Waals surface area (Å²) in [5.74, 6) is 0.364. The second kappa shape index (κ2) is 9.23. The van der Waals surface area contributed by atoms with Crippen LogP contribution in [0.4, 0.5) is 0 Å². The molecule has 0 N–H and O–H groups in total. The number of carbonyl (C=O) groups excluding carboxylic acids is 1. The van der Waals surface area contributed by atoms with Crippen molar-refractivity contribution in [2.24, 2.45) is 0 Å². The zero-order valence-corrected chi connectivity index (χ0v) is 19.5. The van der Waals surface area contributed by atoms with Gasteiger partial charge in [0.1, 0.15) is 0 Å². The summed E-state index contributed by atoms with van der Waals surface area (Å²) in [4.78, 5) is 20.5. The van der Waals surface area contributed by atoms with Crippen molar-refractivity contribution in [3.05, 3.63) is 35.4 Å². The highest BCUT2D eigenvalue weighted by Gasteiger charge is 2.41. The van der Waals surface area contributed by atoms with Gasteiger partial charge in [-0.05, 0) is 94.1 Å². The molecule has 1 saturated carbocycles. The Morgan fingerprint density at radius 3 is 2.55 bits per heavy atom. The molecule has 170 valence electrons. The molecule has 4 aliphatic rings. The molecule has 2 aliphatic heterocycles. The number of amides is 1. The summed E-state index contributed by atoms with van der Waals surface area (Å²) in [5, 5.41) is 0. The van der Waals surface area contributed by atoms with Crippen LogP contribution in [0.1, 0.15) is 75.3 Å². The Morgan fingerprint density at radius 2 is 1.74 bits per heavy atom. The van der Waals surface area contributed by atoms with Gasteiger partial charge in [-0.1, -0.05) is 37.1 Å². The lowest BCUT2D eigenvalue weighted by Crippen LogP contribution is -2.53. The number of likely N-dealkylation sites (N-methyl/N-ethyl adjacent to an activating group) is 1. The lowest BCUT2D eigenvalue weighted by Gasteiger charge is -2.43. The number of rotatable bonds is 5. The lowest BCUT2D eigenvalue weighted by molar-refractivity contribution is -0.134. The average Bonchev–Trinajstić information content (AvgIpc) is 3.48. The number of piperidine rings is 1. The van der Waals surface area contributed by atoms with E-state index in [4.69, 9.17) is 0 Å². The first-order valence-corrected chi connectivity index (χ1v) is 13.0. The SMILES string of the molecule is CN(C(=O)CCN1CCC2(CCc3ccccc32)CC1)[C@H]1CCCC[C@@H]1N1CCCC1. The summed E-state index contributed by atoms with van der Waals surface area (Å²) in [6.07, 6.45) is 13.5. The van der Waals surface area contributed by atoms with Gasteiger partial charge >= 0.3 is 0 Å². The Kier molecular flexibility index (Phi) is 6.39. The molecule has 0 unspecified atom stereocenters. The fraction of sp³-hybridized carbons (Fsp3) is 0.741. The summed E-state index contributed by atoms with van der Waals surface area (Å²) in [5.41, 5.74) is 3.61. The molecule has 1 amide bonds. The van der Waals surface area contributed by atoms with Crippen molar-refractivity contribution in [3.8, 4) is 0 Å². The molecular weight excluding hydrogens is 382 g/mol. The molecule has 2 heterocycles. The number of hydrogen-bond acceptors (Lipinski definition) is 3. The first-order valence-electron chi connectivity index (χ1n) is 13.0. The van der Waals surface area contributed by atoms with Crippen LogP contribution in [-0.2, 0) is 16.6 Å². The van der Waals surface area contributed by atoms with E-state index in [1.54, 1.807) is 11.1 Å². The molecule has 1 aromatic rings. The minimum atomic E-state index is 0.364. The molecule has 1 aromatic carbocycles. The minimum Gasteiger partial charge on any atom is -0.341 e. The second-order valence-corrected chi connectivity index (χ2v) is 10.7. The van der Waals surface area contributed by atoms with Crippen molar-refractivity contribution in [2.75, 3.05) is 39.8 Å². The van der Waals surface area contributed by atoms with Gasteiger partial charge in [0, 0.05) is 32.1 Å². The van der Waals surface area contributed by atoms with Crippen LogP contribution >= 0.6 is 0 Å². The van der Waals surface area contributed by atoms with Gasteiger partial charge in [-0.3, -0.25) is 9.69 Å². The van der Waals surface area contributed by atoms with E-state index in [-0.39, 0.29) is 0 Å². The van der Waals surface area contributed by atoms with Crippen LogP contribution in [0.3, 0.4) is 0 Å². The summed E-state index contributed by atoms with van der Waals surface area (Å²) in [6, 6.07) is 10.1. The van der Waals surface area contributed by atoms with E-state index in [2.05, 4.69) is 46.0 Å². The molecule has 0 aromatic heterocycles. The topological polar surface area (TPSA) is 26.8 Å². The first-order chi connectivity index (χ1) is 15.2. The number of benzene rings is 1. The van der Waals surface area contributed by atoms with Crippen molar-refractivity contribution < 1.29 is 4.79 Å². The Morgan fingerprint density at radius 1 is 1.00 bits per heavy atom. The summed E-state index contributed by atoms with van der Waals surface area (Å²) >= 11 is 0. The normalized spacial score (nSPS) is 28.7. The Labute approximate surface area is 189 Å². The maximum Gasteiger partial charge on any atom is 0.223 e. The quantitative estimate of drug-likeness (QED) is 0.709. The fourth-order valence-corrected chi connectivity index (χ4v) is 7.15. The Hall–Kier alpha value is -1.39. The van der Waals surface area contributed by atoms with E-state index in [1.807, 2.05) is 0 Å². The molecule has 0 bridgehead atoms. The zero-order valence-electron chi connectivity index (χ0n) is 19.5. The van der Waals surface area contributed by atoms with Gasteiger partial charge in [-0.2, -0.15) is 0 Å². The highest BCUT2D eigenvalue weighted by atomic mass is 16.2. The lowest BCUT2D eigenvalue weighted by atomic mass is 9.74. The summed E-state index contributed by atoms with van der Waals surface area (Å²) < 4.78 is 0. The van der Waals surface area contributed by atoms with Gasteiger partial charge in [0.25, 0.3) is 0 Å². The second-order valence-electron chi connectivity index (χ2n) is 10.7. The van der Waals surface area contributed by atoms with E-state index in [9.17, 15) is 4.79 Å². The van der Waals surface area contributed by atoms with Crippen LogP contribution in [0.25, 0.3) is 0 Å². The number of nitrogens with zero attached hydrogens (tertiary/aromatic N) is 3. The Balaban J connectivity index is 1.13. The van der Waals surface area contributed by atoms with Gasteiger partial charge < -0.3 is 9.80 Å². The predicted octanol–water partition coefficient (Wildman–Crippen LogP) is 4.22. The smallest absolute Gasteiger partial charge is 0.223 e. The van der Waals surface area contributed by atoms with Gasteiger partial charge in [-0.15, -0.1) is 0 Å². The predicted molar refractivity (Wildman–Crippen MR) is 126 cm³/mol. The van der Waals surface area contributed by atoms with Crippen molar-refractivity contribution in [1.82, 2.24) is 14.7 Å². The van der Waals surface area contributed by atoms with E-state index in [0.717, 1.165) is 19.6 Å². The van der Waals surface area contributed by atoms with Gasteiger partial charge in [0.05, 0.1) is 0 Å². The largest absolute Gasteiger partial charge is 0.341 e. The molecule has 2 aliphatic carbocycles. The first kappa shape index (κ1) is 21.5. The maximum absolute atomic E-state index is 13.1. The van der Waals surface area contributed by atoms with E-state index >= 15 is 0 Å². The van der Waals surface area contributed by atoms with Crippen molar-refractivity contribution in [3.63, 3.8) is 0 Å². The molecule has 1 spiro atoms. The van der Waals surface area contributed by atoms with E-state index in [0.29, 0.717) is 29.8 Å². The Bertz CT molecular complexity index is 763. The third-order valence-electron chi connectivity index (χ3n) is 9.11. The van der Waals surface area contributed by atoms with E-state index in [1.165, 1.54) is 77.3 Å². The minimum absolute atomic E-state index is 0.364. The molecule has 3 fully saturated rings. The number of hydrogen-bond donors (Lipinski definition) is 0. The van der Waals surface area contributed by atoms with Crippen LogP contribution in [0.5, 0.6) is 0 Å². The van der Waals surface area contributed by atoms with Crippen LogP contribution in [0, 0.1) is 0 Å². The highest BCUT2D eigenvalue weighted by Crippen LogP contribution is 2.46. The standard InChI is InChI=1S/C27H41N3O/c1-28(24-10-4-5-11-25(24)30-17-6-7-18-30)26(31)13-19-29-20-15-27(16-21-29)14-12-22-8-2-3-9-23(22)27/h2-3,8-9,24-25H,4-7,10-21H2,1H3/t24-,25-/m0/s1. The number of likely N-dealkylation sites (tertiary alicyclic amines) is 2. The van der Waals surface area contributed by atoms with Crippen LogP contribution in [0.15, 0.2) is 24.3 Å². The summed E-state index contributed by atoms with van der Waals surface area (Å²) in [6.45, 7) is 5.70. The number of carbonyl (C=O) groups is 1. The van der Waals surface area contributed by atoms with Crippen molar-refractivity contribution in [1.29, 1.82) is 0 Å². The molecule has 31 heavy (non-hydrogen) atoms. The molecule has 0 radical (unpaired) electrons. The molecule has 5 rings (SSSR count). The third-order valence-corrected chi connectivity index (χ3v) is 9.11. The molecule has 2 saturated heterocycles. The van der Waals surface area contributed by atoms with Gasteiger partial charge in [0.2, 0.25) is 5.91 Å².